The van der Waals surface area contributed by atoms with E-state index in [1.54, 1.807) is 6.08 Å². The van der Waals surface area contributed by atoms with E-state index >= 15 is 0 Å². The van der Waals surface area contributed by atoms with Gasteiger partial charge in [0.1, 0.15) is 5.82 Å². The summed E-state index contributed by atoms with van der Waals surface area (Å²) in [5.41, 5.74) is 12.8. The van der Waals surface area contributed by atoms with E-state index < -0.39 is 11.7 Å². The Hall–Kier alpha value is -3.39. The third kappa shape index (κ3) is 8.57. The lowest BCUT2D eigenvalue weighted by Gasteiger charge is -2.20. The number of allylic oxidation sites excluding steroid dienone is 5. The molecule has 1 saturated heterocycles. The molecule has 0 amide bonds. The Kier molecular flexibility index (Phi) is 11.6. The summed E-state index contributed by atoms with van der Waals surface area (Å²) in [5, 5.41) is 0. The van der Waals surface area contributed by atoms with Gasteiger partial charge in [0.15, 0.2) is 6.29 Å². The summed E-state index contributed by atoms with van der Waals surface area (Å²) < 4.78 is 35.5. The molecule has 1 aliphatic heterocycles. The third-order valence-corrected chi connectivity index (χ3v) is 4.77. The quantitative estimate of drug-likeness (QED) is 0.454. The molecule has 0 aliphatic carbocycles. The number of rotatable bonds is 5. The average Bonchev–Trinajstić information content (AvgIpc) is 3.35. The molecule has 0 bridgehead atoms. The van der Waals surface area contributed by atoms with Crippen LogP contribution in [0, 0.1) is 0 Å². The zero-order valence-corrected chi connectivity index (χ0v) is 19.0. The van der Waals surface area contributed by atoms with Gasteiger partial charge in [-0.15, -0.1) is 0 Å². The number of carbonyl (C=O) groups excluding carboxylic acids is 1. The van der Waals surface area contributed by atoms with Gasteiger partial charge >= 0.3 is 6.18 Å². The van der Waals surface area contributed by atoms with E-state index in [1.165, 1.54) is 19.9 Å². The molecule has 0 spiro atoms. The Balaban J connectivity index is 0.000000354. The highest BCUT2D eigenvalue weighted by atomic mass is 19.4. The summed E-state index contributed by atoms with van der Waals surface area (Å²) in [6.45, 7) is 7.78. The molecular weight excluding hydrogens is 429 g/mol. The second-order valence-corrected chi connectivity index (χ2v) is 6.89. The number of nitrogen functional groups attached to an aromatic ring is 1. The largest absolute Gasteiger partial charge is 0.417 e. The first kappa shape index (κ1) is 27.6. The Labute approximate surface area is 193 Å². The van der Waals surface area contributed by atoms with Gasteiger partial charge in [0.05, 0.1) is 5.56 Å². The van der Waals surface area contributed by atoms with Gasteiger partial charge in [0.25, 0.3) is 0 Å². The van der Waals surface area contributed by atoms with E-state index in [2.05, 4.69) is 34.3 Å². The maximum Gasteiger partial charge on any atom is 0.417 e. The highest BCUT2D eigenvalue weighted by Gasteiger charge is 2.30. The molecule has 2 heterocycles. The van der Waals surface area contributed by atoms with E-state index in [1.807, 2.05) is 31.2 Å². The van der Waals surface area contributed by atoms with Crippen molar-refractivity contribution in [1.29, 1.82) is 0 Å². The minimum atomic E-state index is -4.33. The van der Waals surface area contributed by atoms with Crippen molar-refractivity contribution < 1.29 is 18.0 Å². The predicted octanol–water partition coefficient (Wildman–Crippen LogP) is 5.50. The Morgan fingerprint density at radius 3 is 2.30 bits per heavy atom. The van der Waals surface area contributed by atoms with Gasteiger partial charge < -0.3 is 16.4 Å². The highest BCUT2D eigenvalue weighted by molar-refractivity contribution is 5.88. The van der Waals surface area contributed by atoms with Gasteiger partial charge in [0.2, 0.25) is 0 Å². The number of nitrogens with two attached hydrogens (primary N) is 2. The molecule has 5 nitrogen and oxygen atoms in total. The number of anilines is 2. The first-order chi connectivity index (χ1) is 15.8. The standard InChI is InChI=1S/C18H21NO.C6H5F3N2.CH5N/c1-3-5-8-15(4-2)16-9-10-18(17(13-16)14-20)19-11-6-7-12-19;7-6(8,9)4-1-2-5(10)11-3-4;1-2/h3-5,8-10,13-14H,1,6-7,11-12H2,2H3;1-3H,(H2,10,11);2H2,1H3/b8-5-,15-4+;;. The highest BCUT2D eigenvalue weighted by Crippen LogP contribution is 2.29. The number of hydrogen-bond donors (Lipinski definition) is 2. The van der Waals surface area contributed by atoms with Gasteiger partial charge in [-0.05, 0) is 62.2 Å². The van der Waals surface area contributed by atoms with E-state index in [0.29, 0.717) is 6.20 Å². The number of pyridine rings is 1. The van der Waals surface area contributed by atoms with Crippen LogP contribution in [0.4, 0.5) is 24.7 Å². The molecule has 1 aliphatic rings. The lowest BCUT2D eigenvalue weighted by atomic mass is 10.0. The molecule has 2 aromatic rings. The van der Waals surface area contributed by atoms with Crippen LogP contribution in [0.5, 0.6) is 0 Å². The molecule has 0 unspecified atom stereocenters. The van der Waals surface area contributed by atoms with Gasteiger partial charge in [-0.2, -0.15) is 13.2 Å². The number of alkyl halides is 3. The number of nitrogens with zero attached hydrogens (tertiary/aromatic N) is 2. The topological polar surface area (TPSA) is 85.2 Å². The maximum atomic E-state index is 11.8. The number of benzene rings is 1. The average molecular weight is 461 g/mol. The van der Waals surface area contributed by atoms with Crippen LogP contribution >= 0.6 is 0 Å². The van der Waals surface area contributed by atoms with Crippen molar-refractivity contribution in [1.82, 2.24) is 4.98 Å². The molecule has 0 saturated carbocycles. The zero-order chi connectivity index (χ0) is 24.9. The Morgan fingerprint density at radius 1 is 1.15 bits per heavy atom. The minimum Gasteiger partial charge on any atom is -0.384 e. The second kappa shape index (κ2) is 13.9. The van der Waals surface area contributed by atoms with Gasteiger partial charge in [0, 0.05) is 30.5 Å². The lowest BCUT2D eigenvalue weighted by molar-refractivity contribution is -0.137. The lowest BCUT2D eigenvalue weighted by Crippen LogP contribution is -2.19. The molecule has 33 heavy (non-hydrogen) atoms. The summed E-state index contributed by atoms with van der Waals surface area (Å²) >= 11 is 0. The van der Waals surface area contributed by atoms with Crippen LogP contribution in [-0.4, -0.2) is 31.4 Å². The summed E-state index contributed by atoms with van der Waals surface area (Å²) in [6, 6.07) is 8.13. The van der Waals surface area contributed by atoms with Crippen molar-refractivity contribution in [2.24, 2.45) is 5.73 Å². The van der Waals surface area contributed by atoms with Crippen LogP contribution in [0.3, 0.4) is 0 Å². The van der Waals surface area contributed by atoms with E-state index in [-0.39, 0.29) is 5.82 Å². The fourth-order valence-electron chi connectivity index (χ4n) is 3.18. The molecule has 0 atom stereocenters. The molecule has 4 N–H and O–H groups in total. The second-order valence-electron chi connectivity index (χ2n) is 6.89. The Morgan fingerprint density at radius 2 is 1.82 bits per heavy atom. The van der Waals surface area contributed by atoms with Gasteiger partial charge in [-0.3, -0.25) is 4.79 Å². The normalized spacial score (nSPS) is 13.6. The monoisotopic (exact) mass is 460 g/mol. The first-order valence-electron chi connectivity index (χ1n) is 10.5. The number of carbonyl (C=O) groups is 1. The third-order valence-electron chi connectivity index (χ3n) is 4.77. The van der Waals surface area contributed by atoms with Crippen LogP contribution in [0.1, 0.15) is 41.3 Å². The predicted molar refractivity (Wildman–Crippen MR) is 130 cm³/mol. The van der Waals surface area contributed by atoms with Crippen molar-refractivity contribution >= 4 is 23.4 Å². The summed E-state index contributed by atoms with van der Waals surface area (Å²) in [4.78, 5) is 17.0. The van der Waals surface area contributed by atoms with Crippen molar-refractivity contribution in [3.8, 4) is 0 Å². The van der Waals surface area contributed by atoms with Crippen molar-refractivity contribution in [2.45, 2.75) is 25.9 Å². The fourth-order valence-corrected chi connectivity index (χ4v) is 3.18. The molecular formula is C25H31F3N4O. The number of hydrogen-bond acceptors (Lipinski definition) is 5. The zero-order valence-electron chi connectivity index (χ0n) is 19.0. The molecule has 1 fully saturated rings. The van der Waals surface area contributed by atoms with E-state index in [9.17, 15) is 18.0 Å². The smallest absolute Gasteiger partial charge is 0.384 e. The van der Waals surface area contributed by atoms with Crippen LogP contribution in [0.25, 0.3) is 5.57 Å². The summed E-state index contributed by atoms with van der Waals surface area (Å²) in [6.07, 6.45) is 7.46. The minimum absolute atomic E-state index is 0.0815. The van der Waals surface area contributed by atoms with Crippen molar-refractivity contribution in [2.75, 3.05) is 30.8 Å². The van der Waals surface area contributed by atoms with E-state index in [0.717, 1.165) is 53.9 Å². The van der Waals surface area contributed by atoms with Crippen molar-refractivity contribution in [3.05, 3.63) is 84.1 Å². The summed E-state index contributed by atoms with van der Waals surface area (Å²) in [5.74, 6) is 0.0815. The number of aldehydes is 1. The molecule has 8 heteroatoms. The fraction of sp³-hybridized carbons (Fsp3) is 0.280. The van der Waals surface area contributed by atoms with E-state index in [4.69, 9.17) is 5.73 Å². The number of aromatic nitrogens is 1. The molecule has 178 valence electrons. The maximum absolute atomic E-state index is 11.8. The van der Waals surface area contributed by atoms with Crippen LogP contribution in [0.2, 0.25) is 0 Å². The first-order valence-corrected chi connectivity index (χ1v) is 10.5. The van der Waals surface area contributed by atoms with Crippen LogP contribution in [0.15, 0.2) is 67.4 Å². The van der Waals surface area contributed by atoms with Crippen LogP contribution in [-0.2, 0) is 6.18 Å². The van der Waals surface area contributed by atoms with Crippen molar-refractivity contribution in [3.63, 3.8) is 0 Å². The molecule has 1 aromatic heterocycles. The number of halogens is 3. The SMILES string of the molecule is C=C/C=C\C(=C/C)c1ccc(N2CCCC2)c(C=O)c1.CN.Nc1ccc(C(F)(F)F)cn1. The molecule has 0 radical (unpaired) electrons. The summed E-state index contributed by atoms with van der Waals surface area (Å²) in [7, 11) is 1.50. The van der Waals surface area contributed by atoms with Gasteiger partial charge in [-0.25, -0.2) is 4.98 Å². The van der Waals surface area contributed by atoms with Crippen LogP contribution < -0.4 is 16.4 Å². The Bertz CT molecular complexity index is 945. The van der Waals surface area contributed by atoms with Gasteiger partial charge in [-0.1, -0.05) is 36.9 Å². The molecule has 3 rings (SSSR count). The molecule has 1 aromatic carbocycles.